The molecule has 4 heteroatoms. The molecule has 0 saturated heterocycles. The fourth-order valence-electron chi connectivity index (χ4n) is 1.47. The van der Waals surface area contributed by atoms with E-state index in [1.54, 1.807) is 0 Å². The first-order valence-electron chi connectivity index (χ1n) is 5.41. The minimum atomic E-state index is -0.678. The van der Waals surface area contributed by atoms with Crippen molar-refractivity contribution in [2.75, 3.05) is 13.2 Å². The monoisotopic (exact) mass is 212 g/mol. The van der Waals surface area contributed by atoms with E-state index in [0.29, 0.717) is 6.54 Å². The average Bonchev–Trinajstić information content (AvgIpc) is 2.66. The van der Waals surface area contributed by atoms with E-state index in [2.05, 4.69) is 12.2 Å². The Kier molecular flexibility index (Phi) is 5.39. The molecular weight excluding hydrogens is 192 g/mol. The summed E-state index contributed by atoms with van der Waals surface area (Å²) in [6.07, 6.45) is 2.35. The van der Waals surface area contributed by atoms with Crippen LogP contribution >= 0.6 is 0 Å². The fraction of sp³-hybridized carbons (Fsp3) is 0.636. The largest absolute Gasteiger partial charge is 0.394 e. The Hall–Kier alpha value is -0.840. The van der Waals surface area contributed by atoms with Gasteiger partial charge in [0.05, 0.1) is 19.3 Å². The van der Waals surface area contributed by atoms with E-state index >= 15 is 0 Å². The zero-order valence-corrected chi connectivity index (χ0v) is 9.19. The Bertz CT molecular complexity index is 273. The first-order chi connectivity index (χ1) is 7.27. The SMILES string of the molecule is CCCNCc1cccn1CC(O)CO. The topological polar surface area (TPSA) is 57.4 Å². The third kappa shape index (κ3) is 4.03. The number of nitrogens with one attached hydrogen (secondary N) is 1. The second-order valence-corrected chi connectivity index (χ2v) is 3.67. The lowest BCUT2D eigenvalue weighted by Crippen LogP contribution is -2.23. The van der Waals surface area contributed by atoms with Crippen LogP contribution in [0.15, 0.2) is 18.3 Å². The summed E-state index contributed by atoms with van der Waals surface area (Å²) in [7, 11) is 0. The van der Waals surface area contributed by atoms with Crippen LogP contribution in [0.2, 0.25) is 0 Å². The van der Waals surface area contributed by atoms with E-state index in [-0.39, 0.29) is 6.61 Å². The van der Waals surface area contributed by atoms with Crippen molar-refractivity contribution in [3.8, 4) is 0 Å². The van der Waals surface area contributed by atoms with Crippen LogP contribution < -0.4 is 5.32 Å². The van der Waals surface area contributed by atoms with Crippen molar-refractivity contribution < 1.29 is 10.2 Å². The van der Waals surface area contributed by atoms with Crippen molar-refractivity contribution in [3.63, 3.8) is 0 Å². The molecule has 0 saturated carbocycles. The van der Waals surface area contributed by atoms with Crippen LogP contribution in [0, 0.1) is 0 Å². The molecule has 1 aromatic heterocycles. The summed E-state index contributed by atoms with van der Waals surface area (Å²) in [5, 5.41) is 21.4. The molecule has 86 valence electrons. The van der Waals surface area contributed by atoms with Crippen LogP contribution in [-0.4, -0.2) is 34.0 Å². The average molecular weight is 212 g/mol. The lowest BCUT2D eigenvalue weighted by atomic mass is 10.3. The first kappa shape index (κ1) is 12.2. The molecule has 0 aliphatic carbocycles. The van der Waals surface area contributed by atoms with Crippen molar-refractivity contribution in [2.24, 2.45) is 0 Å². The molecule has 0 bridgehead atoms. The normalized spacial score (nSPS) is 13.0. The standard InChI is InChI=1S/C11H20N2O2/c1-2-5-12-7-10-4-3-6-13(10)8-11(15)9-14/h3-4,6,11-12,14-15H,2,5,7-9H2,1H3. The van der Waals surface area contributed by atoms with Gasteiger partial charge < -0.3 is 20.1 Å². The molecule has 0 radical (unpaired) electrons. The molecule has 1 heterocycles. The Labute approximate surface area is 90.5 Å². The first-order valence-corrected chi connectivity index (χ1v) is 5.41. The van der Waals surface area contributed by atoms with Gasteiger partial charge >= 0.3 is 0 Å². The van der Waals surface area contributed by atoms with Crippen LogP contribution in [0.5, 0.6) is 0 Å². The Morgan fingerprint density at radius 1 is 1.53 bits per heavy atom. The summed E-state index contributed by atoms with van der Waals surface area (Å²) in [6, 6.07) is 3.97. The van der Waals surface area contributed by atoms with Crippen LogP contribution in [0.1, 0.15) is 19.0 Å². The molecule has 15 heavy (non-hydrogen) atoms. The Morgan fingerprint density at radius 2 is 2.33 bits per heavy atom. The minimum Gasteiger partial charge on any atom is -0.394 e. The number of aliphatic hydroxyl groups is 2. The Balaban J connectivity index is 2.45. The van der Waals surface area contributed by atoms with Gasteiger partial charge in [-0.2, -0.15) is 0 Å². The molecule has 0 aliphatic heterocycles. The van der Waals surface area contributed by atoms with Gasteiger partial charge in [0.25, 0.3) is 0 Å². The Morgan fingerprint density at radius 3 is 3.00 bits per heavy atom. The second kappa shape index (κ2) is 6.61. The molecule has 1 atom stereocenters. The van der Waals surface area contributed by atoms with Crippen molar-refractivity contribution in [1.29, 1.82) is 0 Å². The van der Waals surface area contributed by atoms with Gasteiger partial charge in [0.2, 0.25) is 0 Å². The van der Waals surface area contributed by atoms with E-state index in [1.807, 2.05) is 22.9 Å². The van der Waals surface area contributed by atoms with Gasteiger partial charge in [-0.15, -0.1) is 0 Å². The quantitative estimate of drug-likeness (QED) is 0.571. The van der Waals surface area contributed by atoms with Crippen LogP contribution in [-0.2, 0) is 13.1 Å². The number of aliphatic hydroxyl groups excluding tert-OH is 2. The molecule has 4 nitrogen and oxygen atoms in total. The number of nitrogens with zero attached hydrogens (tertiary/aromatic N) is 1. The third-order valence-corrected chi connectivity index (χ3v) is 2.27. The highest BCUT2D eigenvalue weighted by molar-refractivity contribution is 5.07. The van der Waals surface area contributed by atoms with Crippen molar-refractivity contribution in [2.45, 2.75) is 32.5 Å². The number of rotatable bonds is 7. The summed E-state index contributed by atoms with van der Waals surface area (Å²) in [5.41, 5.74) is 1.14. The van der Waals surface area contributed by atoms with Gasteiger partial charge in [-0.1, -0.05) is 6.92 Å². The van der Waals surface area contributed by atoms with E-state index in [9.17, 15) is 5.11 Å². The zero-order valence-electron chi connectivity index (χ0n) is 9.19. The zero-order chi connectivity index (χ0) is 11.1. The van der Waals surface area contributed by atoms with Crippen molar-refractivity contribution >= 4 is 0 Å². The molecule has 1 rings (SSSR count). The van der Waals surface area contributed by atoms with Crippen LogP contribution in [0.3, 0.4) is 0 Å². The molecule has 1 unspecified atom stereocenters. The van der Waals surface area contributed by atoms with Gasteiger partial charge in [0.1, 0.15) is 0 Å². The van der Waals surface area contributed by atoms with E-state index in [1.165, 1.54) is 0 Å². The molecular formula is C11H20N2O2. The van der Waals surface area contributed by atoms with Crippen LogP contribution in [0.25, 0.3) is 0 Å². The molecule has 1 aromatic rings. The van der Waals surface area contributed by atoms with Gasteiger partial charge in [-0.3, -0.25) is 0 Å². The van der Waals surface area contributed by atoms with Gasteiger partial charge in [-0.05, 0) is 25.1 Å². The molecule has 0 spiro atoms. The maximum Gasteiger partial charge on any atom is 0.0949 e. The smallest absolute Gasteiger partial charge is 0.0949 e. The van der Waals surface area contributed by atoms with Crippen molar-refractivity contribution in [1.82, 2.24) is 9.88 Å². The highest BCUT2D eigenvalue weighted by atomic mass is 16.3. The van der Waals surface area contributed by atoms with E-state index in [4.69, 9.17) is 5.11 Å². The maximum absolute atomic E-state index is 9.33. The number of hydrogen-bond donors (Lipinski definition) is 3. The number of hydrogen-bond acceptors (Lipinski definition) is 3. The molecule has 0 aromatic carbocycles. The third-order valence-electron chi connectivity index (χ3n) is 2.27. The molecule has 3 N–H and O–H groups in total. The maximum atomic E-state index is 9.33. The van der Waals surface area contributed by atoms with E-state index in [0.717, 1.165) is 25.2 Å². The van der Waals surface area contributed by atoms with E-state index < -0.39 is 6.10 Å². The lowest BCUT2D eigenvalue weighted by Gasteiger charge is -2.12. The van der Waals surface area contributed by atoms with Gasteiger partial charge in [0, 0.05) is 18.4 Å². The summed E-state index contributed by atoms with van der Waals surface area (Å²) in [4.78, 5) is 0. The van der Waals surface area contributed by atoms with Gasteiger partial charge in [-0.25, -0.2) is 0 Å². The highest BCUT2D eigenvalue weighted by Gasteiger charge is 2.05. The fourth-order valence-corrected chi connectivity index (χ4v) is 1.47. The summed E-state index contributed by atoms with van der Waals surface area (Å²) >= 11 is 0. The highest BCUT2D eigenvalue weighted by Crippen LogP contribution is 2.03. The lowest BCUT2D eigenvalue weighted by molar-refractivity contribution is 0.0806. The minimum absolute atomic E-state index is 0.194. The van der Waals surface area contributed by atoms with Crippen molar-refractivity contribution in [3.05, 3.63) is 24.0 Å². The predicted molar refractivity (Wildman–Crippen MR) is 59.5 cm³/mol. The van der Waals surface area contributed by atoms with Gasteiger partial charge in [0.15, 0.2) is 0 Å². The second-order valence-electron chi connectivity index (χ2n) is 3.67. The summed E-state index contributed by atoms with van der Waals surface area (Å²) in [6.45, 7) is 4.18. The summed E-state index contributed by atoms with van der Waals surface area (Å²) < 4.78 is 1.96. The molecule has 0 fully saturated rings. The number of aromatic nitrogens is 1. The molecule has 0 aliphatic rings. The predicted octanol–water partition coefficient (Wildman–Crippen LogP) is 0.341. The summed E-state index contributed by atoms with van der Waals surface area (Å²) in [5.74, 6) is 0. The molecule has 0 amide bonds. The van der Waals surface area contributed by atoms with Crippen LogP contribution in [0.4, 0.5) is 0 Å².